The summed E-state index contributed by atoms with van der Waals surface area (Å²) >= 11 is 5.94. The third-order valence-electron chi connectivity index (χ3n) is 3.76. The normalized spacial score (nSPS) is 11.7. The van der Waals surface area contributed by atoms with E-state index >= 15 is 0 Å². The molecule has 8 heteroatoms. The van der Waals surface area contributed by atoms with E-state index in [-0.39, 0.29) is 4.90 Å². The maximum Gasteiger partial charge on any atom is 0.269 e. The highest BCUT2D eigenvalue weighted by Crippen LogP contribution is 2.29. The summed E-state index contributed by atoms with van der Waals surface area (Å²) in [5, 5.41) is 0.975. The fraction of sp³-hybridized carbons (Fsp3) is 0. The number of rotatable bonds is 3. The molecule has 0 spiro atoms. The van der Waals surface area contributed by atoms with Crippen molar-refractivity contribution in [3.05, 3.63) is 72.4 Å². The first-order chi connectivity index (χ1) is 12.1. The van der Waals surface area contributed by atoms with E-state index in [0.29, 0.717) is 21.9 Å². The zero-order valence-electron chi connectivity index (χ0n) is 12.7. The van der Waals surface area contributed by atoms with Gasteiger partial charge >= 0.3 is 0 Å². The lowest BCUT2D eigenvalue weighted by molar-refractivity contribution is 0.589. The van der Waals surface area contributed by atoms with Gasteiger partial charge in [0.15, 0.2) is 5.65 Å². The van der Waals surface area contributed by atoms with Gasteiger partial charge in [-0.05, 0) is 24.3 Å². The third kappa shape index (κ3) is 2.67. The van der Waals surface area contributed by atoms with Crippen molar-refractivity contribution in [2.75, 3.05) is 0 Å². The lowest BCUT2D eigenvalue weighted by Crippen LogP contribution is -2.12. The molecule has 0 atom stereocenters. The maximum absolute atomic E-state index is 12.9. The van der Waals surface area contributed by atoms with Crippen molar-refractivity contribution in [3.8, 4) is 11.3 Å². The number of benzene rings is 1. The van der Waals surface area contributed by atoms with Crippen molar-refractivity contribution in [2.45, 2.75) is 4.90 Å². The topological polar surface area (TPSA) is 77.7 Å². The molecule has 3 heterocycles. The molecule has 4 rings (SSSR count). The molecule has 0 amide bonds. The summed E-state index contributed by atoms with van der Waals surface area (Å²) in [4.78, 5) is 12.5. The van der Waals surface area contributed by atoms with Crippen LogP contribution in [-0.2, 0) is 10.0 Å². The van der Waals surface area contributed by atoms with Crippen LogP contribution in [-0.4, -0.2) is 27.3 Å². The van der Waals surface area contributed by atoms with Crippen molar-refractivity contribution in [1.82, 2.24) is 18.9 Å². The smallest absolute Gasteiger partial charge is 0.237 e. The summed E-state index contributed by atoms with van der Waals surface area (Å²) in [7, 11) is -3.73. The van der Waals surface area contributed by atoms with Gasteiger partial charge in [0.05, 0.1) is 10.6 Å². The standard InChI is InChI=1S/C17H11ClN4O2S/c18-16-10-15(20-11-21-16)13-6-8-19-17-14(13)7-9-22(17)25(23,24)12-4-2-1-3-5-12/h1-11H. The molecule has 0 N–H and O–H groups in total. The minimum absolute atomic E-state index is 0.199. The van der Waals surface area contributed by atoms with Crippen LogP contribution in [0.2, 0.25) is 5.15 Å². The second kappa shape index (κ2) is 5.94. The van der Waals surface area contributed by atoms with E-state index in [1.54, 1.807) is 54.7 Å². The molecule has 6 nitrogen and oxygen atoms in total. The number of aromatic nitrogens is 4. The van der Waals surface area contributed by atoms with Gasteiger partial charge in [0, 0.05) is 29.4 Å². The summed E-state index contributed by atoms with van der Waals surface area (Å²) in [5.41, 5.74) is 1.66. The van der Waals surface area contributed by atoms with Gasteiger partial charge in [0.2, 0.25) is 0 Å². The van der Waals surface area contributed by atoms with E-state index in [4.69, 9.17) is 11.6 Å². The number of hydrogen-bond donors (Lipinski definition) is 0. The summed E-state index contributed by atoms with van der Waals surface area (Å²) in [6.07, 6.45) is 4.40. The molecular weight excluding hydrogens is 360 g/mol. The number of fused-ring (bicyclic) bond motifs is 1. The van der Waals surface area contributed by atoms with Crippen LogP contribution in [0.4, 0.5) is 0 Å². The van der Waals surface area contributed by atoms with Crippen LogP contribution in [0.25, 0.3) is 22.3 Å². The Hall–Kier alpha value is -2.77. The molecule has 0 unspecified atom stereocenters. The third-order valence-corrected chi connectivity index (χ3v) is 5.65. The minimum Gasteiger partial charge on any atom is -0.237 e. The molecule has 0 aliphatic carbocycles. The zero-order chi connectivity index (χ0) is 17.4. The fourth-order valence-electron chi connectivity index (χ4n) is 2.62. The van der Waals surface area contributed by atoms with E-state index in [1.165, 1.54) is 16.5 Å². The molecule has 0 radical (unpaired) electrons. The van der Waals surface area contributed by atoms with Crippen molar-refractivity contribution in [3.63, 3.8) is 0 Å². The van der Waals surface area contributed by atoms with Crippen LogP contribution >= 0.6 is 11.6 Å². The van der Waals surface area contributed by atoms with Gasteiger partial charge < -0.3 is 0 Å². The Morgan fingerprint density at radius 2 is 1.76 bits per heavy atom. The number of nitrogens with zero attached hydrogens (tertiary/aromatic N) is 4. The molecule has 0 fully saturated rings. The average Bonchev–Trinajstić information content (AvgIpc) is 3.07. The van der Waals surface area contributed by atoms with Gasteiger partial charge in [0.1, 0.15) is 11.5 Å². The zero-order valence-corrected chi connectivity index (χ0v) is 14.3. The molecule has 0 bridgehead atoms. The molecule has 25 heavy (non-hydrogen) atoms. The van der Waals surface area contributed by atoms with E-state index in [2.05, 4.69) is 15.0 Å². The van der Waals surface area contributed by atoms with E-state index in [9.17, 15) is 8.42 Å². The van der Waals surface area contributed by atoms with Crippen LogP contribution in [0.15, 0.2) is 72.1 Å². The molecule has 124 valence electrons. The van der Waals surface area contributed by atoms with Crippen LogP contribution in [0.3, 0.4) is 0 Å². The largest absolute Gasteiger partial charge is 0.269 e. The first-order valence-electron chi connectivity index (χ1n) is 7.32. The highest BCUT2D eigenvalue weighted by Gasteiger charge is 2.20. The molecule has 0 saturated heterocycles. The first kappa shape index (κ1) is 15.7. The van der Waals surface area contributed by atoms with Gasteiger partial charge in [-0.25, -0.2) is 27.3 Å². The predicted octanol–water partition coefficient (Wildman–Crippen LogP) is 3.38. The highest BCUT2D eigenvalue weighted by molar-refractivity contribution is 7.90. The van der Waals surface area contributed by atoms with Gasteiger partial charge in [-0.1, -0.05) is 29.8 Å². The van der Waals surface area contributed by atoms with Crippen LogP contribution in [0.5, 0.6) is 0 Å². The average molecular weight is 371 g/mol. The summed E-state index contributed by atoms with van der Waals surface area (Å²) < 4.78 is 26.9. The Morgan fingerprint density at radius 1 is 0.960 bits per heavy atom. The Bertz CT molecular complexity index is 1170. The SMILES string of the molecule is O=S(=O)(c1ccccc1)n1ccc2c(-c3cc(Cl)ncn3)ccnc21. The molecule has 4 aromatic rings. The molecule has 0 aliphatic heterocycles. The van der Waals surface area contributed by atoms with Crippen LogP contribution < -0.4 is 0 Å². The molecular formula is C17H11ClN4O2S. The molecule has 1 aromatic carbocycles. The fourth-order valence-corrected chi connectivity index (χ4v) is 4.09. The quantitative estimate of drug-likeness (QED) is 0.516. The number of halogens is 1. The van der Waals surface area contributed by atoms with E-state index in [1.807, 2.05) is 0 Å². The van der Waals surface area contributed by atoms with Gasteiger partial charge in [0.25, 0.3) is 10.0 Å². The van der Waals surface area contributed by atoms with Crippen molar-refractivity contribution >= 4 is 32.7 Å². The lowest BCUT2D eigenvalue weighted by atomic mass is 10.1. The second-order valence-corrected chi connectivity index (χ2v) is 7.45. The summed E-state index contributed by atoms with van der Waals surface area (Å²) in [6, 6.07) is 13.3. The lowest BCUT2D eigenvalue weighted by Gasteiger charge is -2.08. The first-order valence-corrected chi connectivity index (χ1v) is 9.14. The monoisotopic (exact) mass is 370 g/mol. The Kier molecular flexibility index (Phi) is 3.74. The second-order valence-electron chi connectivity index (χ2n) is 5.25. The maximum atomic E-state index is 12.9. The molecule has 0 saturated carbocycles. The molecule has 3 aromatic heterocycles. The number of pyridine rings is 1. The van der Waals surface area contributed by atoms with Gasteiger partial charge in [-0.3, -0.25) is 0 Å². The predicted molar refractivity (Wildman–Crippen MR) is 94.8 cm³/mol. The van der Waals surface area contributed by atoms with Crippen molar-refractivity contribution in [1.29, 1.82) is 0 Å². The Morgan fingerprint density at radius 3 is 2.52 bits per heavy atom. The Balaban J connectivity index is 1.94. The van der Waals surface area contributed by atoms with E-state index < -0.39 is 10.0 Å². The van der Waals surface area contributed by atoms with Gasteiger partial charge in [-0.15, -0.1) is 0 Å². The summed E-state index contributed by atoms with van der Waals surface area (Å²) in [6.45, 7) is 0. The van der Waals surface area contributed by atoms with Crippen LogP contribution in [0, 0.1) is 0 Å². The van der Waals surface area contributed by atoms with E-state index in [0.717, 1.165) is 5.56 Å². The molecule has 0 aliphatic rings. The van der Waals surface area contributed by atoms with Crippen LogP contribution in [0.1, 0.15) is 0 Å². The Labute approximate surface area is 148 Å². The highest BCUT2D eigenvalue weighted by atomic mass is 35.5. The van der Waals surface area contributed by atoms with Gasteiger partial charge in [-0.2, -0.15) is 0 Å². The minimum atomic E-state index is -3.73. The van der Waals surface area contributed by atoms with Crippen molar-refractivity contribution in [2.24, 2.45) is 0 Å². The number of hydrogen-bond acceptors (Lipinski definition) is 5. The van der Waals surface area contributed by atoms with Crippen molar-refractivity contribution < 1.29 is 8.42 Å². The summed E-state index contributed by atoms with van der Waals surface area (Å²) in [5.74, 6) is 0.